The van der Waals surface area contributed by atoms with Crippen LogP contribution < -0.4 is 5.32 Å². The molecular formula is C20H18N2O4. The number of carbonyl (C=O) groups excluding carboxylic acids is 3. The van der Waals surface area contributed by atoms with Gasteiger partial charge in [-0.3, -0.25) is 14.5 Å². The summed E-state index contributed by atoms with van der Waals surface area (Å²) in [6.07, 6.45) is 0. The molecule has 1 unspecified atom stereocenters. The van der Waals surface area contributed by atoms with E-state index in [4.69, 9.17) is 4.74 Å². The summed E-state index contributed by atoms with van der Waals surface area (Å²) < 4.78 is 5.26. The Morgan fingerprint density at radius 2 is 1.50 bits per heavy atom. The second-order valence-electron chi connectivity index (χ2n) is 5.89. The molecule has 6 heteroatoms. The van der Waals surface area contributed by atoms with E-state index in [1.807, 2.05) is 6.07 Å². The van der Waals surface area contributed by atoms with E-state index in [1.54, 1.807) is 68.4 Å². The fourth-order valence-electron chi connectivity index (χ4n) is 2.64. The van der Waals surface area contributed by atoms with E-state index in [1.165, 1.54) is 4.90 Å². The molecule has 26 heavy (non-hydrogen) atoms. The minimum Gasteiger partial charge on any atom is -0.406 e. The van der Waals surface area contributed by atoms with Gasteiger partial charge in [0.2, 0.25) is 5.88 Å². The second kappa shape index (κ2) is 7.23. The minimum absolute atomic E-state index is 0.0423. The average molecular weight is 350 g/mol. The van der Waals surface area contributed by atoms with Gasteiger partial charge >= 0.3 is 5.97 Å². The number of allylic oxidation sites excluding steroid dienone is 1. The van der Waals surface area contributed by atoms with Crippen LogP contribution in [0.15, 0.2) is 72.2 Å². The molecule has 2 aromatic rings. The number of carbonyl (C=O) groups is 3. The predicted molar refractivity (Wildman–Crippen MR) is 94.8 cm³/mol. The van der Waals surface area contributed by atoms with Gasteiger partial charge in [-0.1, -0.05) is 36.4 Å². The molecule has 0 aromatic heterocycles. The van der Waals surface area contributed by atoms with Crippen molar-refractivity contribution < 1.29 is 19.1 Å². The Morgan fingerprint density at radius 3 is 2.08 bits per heavy atom. The van der Waals surface area contributed by atoms with E-state index in [0.717, 1.165) is 0 Å². The number of cyclic esters (lactones) is 1. The lowest BCUT2D eigenvalue weighted by molar-refractivity contribution is -0.136. The van der Waals surface area contributed by atoms with Gasteiger partial charge in [0.25, 0.3) is 11.8 Å². The van der Waals surface area contributed by atoms with Crippen molar-refractivity contribution in [3.05, 3.63) is 83.4 Å². The van der Waals surface area contributed by atoms with E-state index in [2.05, 4.69) is 5.32 Å². The number of hydrogen-bond donors (Lipinski definition) is 1. The molecule has 2 aromatic carbocycles. The summed E-state index contributed by atoms with van der Waals surface area (Å²) >= 11 is 0. The largest absolute Gasteiger partial charge is 0.406 e. The number of amides is 2. The van der Waals surface area contributed by atoms with Crippen LogP contribution in [-0.4, -0.2) is 28.7 Å². The first-order chi connectivity index (χ1) is 12.5. The van der Waals surface area contributed by atoms with Gasteiger partial charge in [-0.25, -0.2) is 4.79 Å². The molecule has 1 fully saturated rings. The standard InChI is InChI=1S/C20H18N2O4/c1-13(21-17(23)15-9-5-3-6-10-15)19-22(14(2)20(25)26-19)18(24)16-11-7-4-8-12-16/h3-12,14H,1-2H3,(H,21,23)/b19-13-. The first kappa shape index (κ1) is 17.4. The van der Waals surface area contributed by atoms with Gasteiger partial charge in [-0.15, -0.1) is 0 Å². The fourth-order valence-corrected chi connectivity index (χ4v) is 2.64. The highest BCUT2D eigenvalue weighted by molar-refractivity contribution is 6.00. The molecule has 0 bridgehead atoms. The van der Waals surface area contributed by atoms with E-state index in [9.17, 15) is 14.4 Å². The zero-order chi connectivity index (χ0) is 18.7. The zero-order valence-electron chi connectivity index (χ0n) is 14.4. The van der Waals surface area contributed by atoms with Crippen LogP contribution >= 0.6 is 0 Å². The molecule has 0 spiro atoms. The van der Waals surface area contributed by atoms with Crippen molar-refractivity contribution in [2.45, 2.75) is 19.9 Å². The molecule has 1 aliphatic rings. The van der Waals surface area contributed by atoms with Gasteiger partial charge in [0.15, 0.2) is 0 Å². The molecule has 132 valence electrons. The number of ether oxygens (including phenoxy) is 1. The molecule has 0 aliphatic carbocycles. The van der Waals surface area contributed by atoms with Crippen LogP contribution in [0.3, 0.4) is 0 Å². The van der Waals surface area contributed by atoms with Crippen LogP contribution in [0.25, 0.3) is 0 Å². The van der Waals surface area contributed by atoms with E-state index in [0.29, 0.717) is 16.8 Å². The third-order valence-corrected chi connectivity index (χ3v) is 4.04. The first-order valence-corrected chi connectivity index (χ1v) is 8.16. The van der Waals surface area contributed by atoms with Crippen molar-refractivity contribution in [3.63, 3.8) is 0 Å². The monoisotopic (exact) mass is 350 g/mol. The first-order valence-electron chi connectivity index (χ1n) is 8.16. The molecule has 1 heterocycles. The van der Waals surface area contributed by atoms with Crippen LogP contribution in [0.2, 0.25) is 0 Å². The van der Waals surface area contributed by atoms with Gasteiger partial charge in [0, 0.05) is 11.1 Å². The minimum atomic E-state index is -0.777. The third-order valence-electron chi connectivity index (χ3n) is 4.04. The van der Waals surface area contributed by atoms with Gasteiger partial charge < -0.3 is 10.1 Å². The fraction of sp³-hybridized carbons (Fsp3) is 0.150. The summed E-state index contributed by atoms with van der Waals surface area (Å²) in [5.74, 6) is -1.22. The Bertz CT molecular complexity index is 875. The molecule has 3 rings (SSSR count). The highest BCUT2D eigenvalue weighted by Crippen LogP contribution is 2.26. The highest BCUT2D eigenvalue weighted by Gasteiger charge is 2.40. The van der Waals surface area contributed by atoms with Crippen LogP contribution in [0.4, 0.5) is 0 Å². The van der Waals surface area contributed by atoms with Crippen LogP contribution in [0.1, 0.15) is 34.6 Å². The van der Waals surface area contributed by atoms with Gasteiger partial charge in [0.1, 0.15) is 6.04 Å². The molecule has 0 saturated carbocycles. The molecule has 6 nitrogen and oxygen atoms in total. The number of nitrogens with zero attached hydrogens (tertiary/aromatic N) is 1. The van der Waals surface area contributed by atoms with Crippen molar-refractivity contribution in [2.24, 2.45) is 0 Å². The number of hydrogen-bond acceptors (Lipinski definition) is 4. The quantitative estimate of drug-likeness (QED) is 0.864. The van der Waals surface area contributed by atoms with Crippen molar-refractivity contribution in [2.75, 3.05) is 0 Å². The number of benzene rings is 2. The smallest absolute Gasteiger partial charge is 0.335 e. The van der Waals surface area contributed by atoms with E-state index >= 15 is 0 Å². The van der Waals surface area contributed by atoms with Gasteiger partial charge in [-0.2, -0.15) is 0 Å². The summed E-state index contributed by atoms with van der Waals surface area (Å²) in [6, 6.07) is 16.5. The van der Waals surface area contributed by atoms with Crippen molar-refractivity contribution in [1.29, 1.82) is 0 Å². The van der Waals surface area contributed by atoms with Crippen molar-refractivity contribution in [1.82, 2.24) is 10.2 Å². The molecule has 1 atom stereocenters. The summed E-state index contributed by atoms with van der Waals surface area (Å²) in [7, 11) is 0. The Balaban J connectivity index is 1.90. The topological polar surface area (TPSA) is 75.7 Å². The number of nitrogens with one attached hydrogen (secondary N) is 1. The zero-order valence-corrected chi connectivity index (χ0v) is 14.4. The van der Waals surface area contributed by atoms with Crippen molar-refractivity contribution in [3.8, 4) is 0 Å². The number of rotatable bonds is 3. The predicted octanol–water partition coefficient (Wildman–Crippen LogP) is 2.69. The Kier molecular flexibility index (Phi) is 4.84. The molecule has 0 radical (unpaired) electrons. The molecule has 2 amide bonds. The van der Waals surface area contributed by atoms with Gasteiger partial charge in [0.05, 0.1) is 5.70 Å². The Hall–Kier alpha value is -3.41. The van der Waals surface area contributed by atoms with E-state index in [-0.39, 0.29) is 17.7 Å². The summed E-state index contributed by atoms with van der Waals surface area (Å²) in [5, 5.41) is 2.69. The maximum Gasteiger partial charge on any atom is 0.335 e. The lowest BCUT2D eigenvalue weighted by atomic mass is 10.1. The van der Waals surface area contributed by atoms with Crippen molar-refractivity contribution >= 4 is 17.8 Å². The molecule has 1 N–H and O–H groups in total. The summed E-state index contributed by atoms with van der Waals surface area (Å²) in [4.78, 5) is 38.4. The third kappa shape index (κ3) is 3.35. The van der Waals surface area contributed by atoms with Gasteiger partial charge in [-0.05, 0) is 38.1 Å². The molecule has 1 saturated heterocycles. The van der Waals surface area contributed by atoms with Crippen LogP contribution in [-0.2, 0) is 9.53 Å². The number of esters is 1. The Labute approximate surface area is 151 Å². The summed E-state index contributed by atoms with van der Waals surface area (Å²) in [5.41, 5.74) is 1.18. The maximum atomic E-state index is 12.8. The lowest BCUT2D eigenvalue weighted by Gasteiger charge is -2.20. The highest BCUT2D eigenvalue weighted by atomic mass is 16.6. The Morgan fingerprint density at radius 1 is 0.962 bits per heavy atom. The lowest BCUT2D eigenvalue weighted by Crippen LogP contribution is -2.36. The second-order valence-corrected chi connectivity index (χ2v) is 5.89. The normalized spacial score (nSPS) is 18.3. The van der Waals surface area contributed by atoms with Crippen LogP contribution in [0.5, 0.6) is 0 Å². The summed E-state index contributed by atoms with van der Waals surface area (Å²) in [6.45, 7) is 3.18. The maximum absolute atomic E-state index is 12.8. The molecular weight excluding hydrogens is 332 g/mol. The SMILES string of the molecule is C/C(NC(=O)c1ccccc1)=C1/OC(=O)C(C)N1C(=O)c1ccccc1. The van der Waals surface area contributed by atoms with E-state index < -0.39 is 12.0 Å². The molecule has 1 aliphatic heterocycles. The van der Waals surface area contributed by atoms with Crippen LogP contribution in [0, 0.1) is 0 Å². The average Bonchev–Trinajstić information content (AvgIpc) is 2.97.